The number of hydrogen-bond acceptors (Lipinski definition) is 4. The molecule has 0 spiro atoms. The van der Waals surface area contributed by atoms with Gasteiger partial charge >= 0.3 is 0 Å². The van der Waals surface area contributed by atoms with Gasteiger partial charge in [0.1, 0.15) is 18.0 Å². The lowest BCUT2D eigenvalue weighted by molar-refractivity contribution is -0.116. The van der Waals surface area contributed by atoms with Gasteiger partial charge in [0, 0.05) is 18.0 Å². The molecule has 22 heavy (non-hydrogen) atoms. The molecule has 0 saturated carbocycles. The molecule has 1 N–H and O–H groups in total. The number of amides is 1. The normalized spacial score (nSPS) is 10.4. The van der Waals surface area contributed by atoms with Crippen LogP contribution in [0.1, 0.15) is 0 Å². The van der Waals surface area contributed by atoms with E-state index >= 15 is 0 Å². The summed E-state index contributed by atoms with van der Waals surface area (Å²) >= 11 is 1.62. The molecule has 112 valence electrons. The fraction of sp³-hybridized carbons (Fsp3) is 0.125. The molecule has 5 nitrogen and oxygen atoms in total. The van der Waals surface area contributed by atoms with E-state index in [4.69, 9.17) is 4.74 Å². The first-order chi connectivity index (χ1) is 10.7. The van der Waals surface area contributed by atoms with Crippen LogP contribution in [0, 0.1) is 0 Å². The molecule has 0 unspecified atom stereocenters. The number of aromatic nitrogens is 2. The number of nitrogens with zero attached hydrogens (tertiary/aromatic N) is 2. The molecule has 0 aliphatic carbocycles. The number of carbonyl (C=O) groups is 1. The molecular weight excluding hydrogens is 298 g/mol. The van der Waals surface area contributed by atoms with Crippen molar-refractivity contribution in [2.75, 3.05) is 12.4 Å². The van der Waals surface area contributed by atoms with Crippen LogP contribution in [0.15, 0.2) is 54.0 Å². The number of thiophene rings is 1. The molecule has 0 radical (unpaired) electrons. The minimum absolute atomic E-state index is 0.130. The molecule has 3 aromatic rings. The van der Waals surface area contributed by atoms with E-state index in [0.29, 0.717) is 11.4 Å². The minimum atomic E-state index is -0.130. The minimum Gasteiger partial charge on any atom is -0.497 e. The maximum absolute atomic E-state index is 12.1. The third kappa shape index (κ3) is 3.35. The van der Waals surface area contributed by atoms with Gasteiger partial charge in [0.2, 0.25) is 5.91 Å². The van der Waals surface area contributed by atoms with Gasteiger partial charge in [-0.15, -0.1) is 11.3 Å². The molecule has 0 bridgehead atoms. The lowest BCUT2D eigenvalue weighted by Gasteiger charge is -2.07. The number of methoxy groups -OCH3 is 1. The van der Waals surface area contributed by atoms with Crippen LogP contribution >= 0.6 is 11.3 Å². The summed E-state index contributed by atoms with van der Waals surface area (Å²) in [7, 11) is 1.59. The average Bonchev–Trinajstić information content (AvgIpc) is 3.18. The Morgan fingerprint density at radius 1 is 1.32 bits per heavy atom. The number of carbonyl (C=O) groups excluding carboxylic acids is 1. The number of benzene rings is 1. The van der Waals surface area contributed by atoms with Crippen LogP contribution < -0.4 is 10.1 Å². The quantitative estimate of drug-likeness (QED) is 0.786. The van der Waals surface area contributed by atoms with Crippen molar-refractivity contribution in [3.63, 3.8) is 0 Å². The van der Waals surface area contributed by atoms with Crippen LogP contribution in [0.2, 0.25) is 0 Å². The van der Waals surface area contributed by atoms with Crippen LogP contribution in [0.5, 0.6) is 5.75 Å². The van der Waals surface area contributed by atoms with E-state index in [9.17, 15) is 4.79 Å². The van der Waals surface area contributed by atoms with Gasteiger partial charge in [0.15, 0.2) is 0 Å². The monoisotopic (exact) mass is 313 g/mol. The summed E-state index contributed by atoms with van der Waals surface area (Å²) in [4.78, 5) is 13.2. The molecule has 1 aromatic carbocycles. The average molecular weight is 313 g/mol. The summed E-state index contributed by atoms with van der Waals surface area (Å²) in [6.45, 7) is 0.169. The van der Waals surface area contributed by atoms with Crippen molar-refractivity contribution in [2.24, 2.45) is 0 Å². The lowest BCUT2D eigenvalue weighted by atomic mass is 10.3. The molecule has 0 atom stereocenters. The summed E-state index contributed by atoms with van der Waals surface area (Å²) in [5, 5.41) is 9.25. The molecule has 0 aliphatic rings. The second-order valence-corrected chi connectivity index (χ2v) is 5.60. The molecule has 3 rings (SSSR count). The zero-order valence-corrected chi connectivity index (χ0v) is 12.8. The predicted octanol–water partition coefficient (Wildman–Crippen LogP) is 3.26. The zero-order chi connectivity index (χ0) is 15.4. The Morgan fingerprint density at radius 3 is 3.00 bits per heavy atom. The lowest BCUT2D eigenvalue weighted by Crippen LogP contribution is -2.19. The fourth-order valence-corrected chi connectivity index (χ4v) is 2.74. The SMILES string of the molecule is COc1cccc(NC(=O)Cn2ccc(-c3cccs3)n2)c1. The van der Waals surface area contributed by atoms with E-state index in [-0.39, 0.29) is 12.5 Å². The first-order valence-corrected chi connectivity index (χ1v) is 7.64. The molecule has 6 heteroatoms. The first-order valence-electron chi connectivity index (χ1n) is 6.76. The highest BCUT2D eigenvalue weighted by Crippen LogP contribution is 2.22. The third-order valence-electron chi connectivity index (χ3n) is 3.07. The van der Waals surface area contributed by atoms with E-state index in [1.165, 1.54) is 0 Å². The van der Waals surface area contributed by atoms with Gasteiger partial charge in [-0.1, -0.05) is 12.1 Å². The summed E-state index contributed by atoms with van der Waals surface area (Å²) < 4.78 is 6.76. The van der Waals surface area contributed by atoms with Crippen molar-refractivity contribution >= 4 is 22.9 Å². The Morgan fingerprint density at radius 2 is 2.23 bits per heavy atom. The Kier molecular flexibility index (Phi) is 4.20. The van der Waals surface area contributed by atoms with Crippen LogP contribution in [-0.2, 0) is 11.3 Å². The van der Waals surface area contributed by atoms with Crippen LogP contribution in [0.25, 0.3) is 10.6 Å². The van der Waals surface area contributed by atoms with Gasteiger partial charge in [-0.05, 0) is 29.6 Å². The van der Waals surface area contributed by atoms with Crippen molar-refractivity contribution in [3.05, 3.63) is 54.0 Å². The van der Waals surface area contributed by atoms with Gasteiger partial charge in [0.05, 0.1) is 12.0 Å². The standard InChI is InChI=1S/C16H15N3O2S/c1-21-13-5-2-4-12(10-13)17-16(20)11-19-8-7-14(18-19)15-6-3-9-22-15/h2-10H,11H2,1H3,(H,17,20). The topological polar surface area (TPSA) is 56.1 Å². The number of anilines is 1. The number of rotatable bonds is 5. The molecule has 0 saturated heterocycles. The molecular formula is C16H15N3O2S. The van der Waals surface area contributed by atoms with Gasteiger partial charge in [0.25, 0.3) is 0 Å². The Bertz CT molecular complexity index is 765. The summed E-state index contributed by atoms with van der Waals surface area (Å²) in [6, 6.07) is 13.2. The van der Waals surface area contributed by atoms with Crippen molar-refractivity contribution in [3.8, 4) is 16.3 Å². The van der Waals surface area contributed by atoms with E-state index in [2.05, 4.69) is 10.4 Å². The highest BCUT2D eigenvalue weighted by molar-refractivity contribution is 7.13. The first kappa shape index (κ1) is 14.3. The second kappa shape index (κ2) is 6.44. The van der Waals surface area contributed by atoms with Gasteiger partial charge < -0.3 is 10.1 Å². The highest BCUT2D eigenvalue weighted by atomic mass is 32.1. The Balaban J connectivity index is 1.64. The molecule has 2 aromatic heterocycles. The number of hydrogen-bond donors (Lipinski definition) is 1. The maximum Gasteiger partial charge on any atom is 0.246 e. The van der Waals surface area contributed by atoms with Gasteiger partial charge in [-0.3, -0.25) is 9.48 Å². The fourth-order valence-electron chi connectivity index (χ4n) is 2.05. The predicted molar refractivity (Wildman–Crippen MR) is 87.2 cm³/mol. The number of ether oxygens (including phenoxy) is 1. The van der Waals surface area contributed by atoms with E-state index < -0.39 is 0 Å². The van der Waals surface area contributed by atoms with Crippen LogP contribution in [0.4, 0.5) is 5.69 Å². The molecule has 1 amide bonds. The largest absolute Gasteiger partial charge is 0.497 e. The molecule has 2 heterocycles. The third-order valence-corrected chi connectivity index (χ3v) is 3.97. The summed E-state index contributed by atoms with van der Waals surface area (Å²) in [6.07, 6.45) is 1.81. The second-order valence-electron chi connectivity index (χ2n) is 4.66. The van der Waals surface area contributed by atoms with Gasteiger partial charge in [-0.2, -0.15) is 5.10 Å². The van der Waals surface area contributed by atoms with Gasteiger partial charge in [-0.25, -0.2) is 0 Å². The summed E-state index contributed by atoms with van der Waals surface area (Å²) in [5.74, 6) is 0.575. The Labute approximate surface area is 132 Å². The van der Waals surface area contributed by atoms with Crippen molar-refractivity contribution in [1.29, 1.82) is 0 Å². The van der Waals surface area contributed by atoms with Crippen LogP contribution in [0.3, 0.4) is 0 Å². The highest BCUT2D eigenvalue weighted by Gasteiger charge is 2.07. The van der Waals surface area contributed by atoms with Crippen molar-refractivity contribution in [1.82, 2.24) is 9.78 Å². The van der Waals surface area contributed by atoms with E-state index in [1.807, 2.05) is 41.8 Å². The summed E-state index contributed by atoms with van der Waals surface area (Å²) in [5.41, 5.74) is 1.58. The van der Waals surface area contributed by atoms with Crippen molar-refractivity contribution < 1.29 is 9.53 Å². The maximum atomic E-state index is 12.1. The van der Waals surface area contributed by atoms with Crippen LogP contribution in [-0.4, -0.2) is 22.8 Å². The van der Waals surface area contributed by atoms with Crippen molar-refractivity contribution in [2.45, 2.75) is 6.54 Å². The molecule has 0 aliphatic heterocycles. The number of nitrogens with one attached hydrogen (secondary N) is 1. The van der Waals surface area contributed by atoms with E-state index in [0.717, 1.165) is 10.6 Å². The molecule has 0 fully saturated rings. The van der Waals surface area contributed by atoms with E-state index in [1.54, 1.807) is 35.4 Å². The zero-order valence-electron chi connectivity index (χ0n) is 12.0. The smallest absolute Gasteiger partial charge is 0.246 e. The Hall–Kier alpha value is -2.60.